The number of thiophene rings is 1. The third-order valence-electron chi connectivity index (χ3n) is 11.9. The zero-order valence-corrected chi connectivity index (χ0v) is 31.8. The largest absolute Gasteiger partial charge is 0.456 e. The summed E-state index contributed by atoms with van der Waals surface area (Å²) >= 11 is 1.80. The number of rotatable bonds is 4. The fourth-order valence-electron chi connectivity index (χ4n) is 8.96. The van der Waals surface area contributed by atoms with Crippen molar-refractivity contribution in [2.45, 2.75) is 0 Å². The van der Waals surface area contributed by atoms with E-state index in [0.29, 0.717) is 0 Å². The first kappa shape index (κ1) is 31.8. The number of hydrogen-bond donors (Lipinski definition) is 0. The molecule has 4 heterocycles. The van der Waals surface area contributed by atoms with Crippen molar-refractivity contribution in [3.63, 3.8) is 0 Å². The van der Waals surface area contributed by atoms with Gasteiger partial charge in [-0.25, -0.2) is 0 Å². The first-order valence-corrected chi connectivity index (χ1v) is 20.4. The summed E-state index contributed by atoms with van der Waals surface area (Å²) in [5.74, 6) is 0. The van der Waals surface area contributed by atoms with Crippen molar-refractivity contribution < 1.29 is 13.3 Å². The second kappa shape index (κ2) is 12.1. The van der Waals surface area contributed by atoms with Gasteiger partial charge in [-0.15, -0.1) is 11.3 Å². The van der Waals surface area contributed by atoms with E-state index in [-0.39, 0.29) is 0 Å². The molecule has 0 aliphatic heterocycles. The summed E-state index contributed by atoms with van der Waals surface area (Å²) in [6.07, 6.45) is 0. The molecule has 0 aliphatic carbocycles. The van der Waals surface area contributed by atoms with Gasteiger partial charge in [-0.3, -0.25) is 0 Å². The van der Waals surface area contributed by atoms with Crippen LogP contribution in [0.4, 0.5) is 0 Å². The molecule has 4 heteroatoms. The van der Waals surface area contributed by atoms with E-state index < -0.39 is 0 Å². The van der Waals surface area contributed by atoms with Crippen LogP contribution in [-0.4, -0.2) is 0 Å². The lowest BCUT2D eigenvalue weighted by atomic mass is 9.98. The van der Waals surface area contributed by atoms with E-state index in [4.69, 9.17) is 13.3 Å². The molecule has 270 valence electrons. The third kappa shape index (κ3) is 4.79. The van der Waals surface area contributed by atoms with Crippen molar-refractivity contribution in [3.05, 3.63) is 182 Å². The van der Waals surface area contributed by atoms with Crippen LogP contribution in [0.25, 0.3) is 130 Å². The Morgan fingerprint density at radius 1 is 0.259 bits per heavy atom. The highest BCUT2D eigenvalue weighted by molar-refractivity contribution is 7.26. The molecule has 0 radical (unpaired) electrons. The topological polar surface area (TPSA) is 39.4 Å². The van der Waals surface area contributed by atoms with Crippen molar-refractivity contribution in [1.29, 1.82) is 0 Å². The third-order valence-corrected chi connectivity index (χ3v) is 13.1. The molecule has 9 aromatic carbocycles. The normalized spacial score (nSPS) is 12.1. The average Bonchev–Trinajstić information content (AvgIpc) is 4.05. The van der Waals surface area contributed by atoms with Crippen molar-refractivity contribution in [2.75, 3.05) is 0 Å². The van der Waals surface area contributed by atoms with Crippen molar-refractivity contribution in [1.82, 2.24) is 0 Å². The Morgan fingerprint density at radius 2 is 0.621 bits per heavy atom. The minimum Gasteiger partial charge on any atom is -0.456 e. The van der Waals surface area contributed by atoms with Gasteiger partial charge in [0.25, 0.3) is 0 Å². The quantitative estimate of drug-likeness (QED) is 0.179. The molecule has 0 fully saturated rings. The van der Waals surface area contributed by atoms with Crippen LogP contribution in [-0.2, 0) is 0 Å². The van der Waals surface area contributed by atoms with Gasteiger partial charge >= 0.3 is 0 Å². The van der Waals surface area contributed by atoms with Crippen LogP contribution in [0.1, 0.15) is 0 Å². The predicted molar refractivity (Wildman–Crippen MR) is 243 cm³/mol. The summed E-state index contributed by atoms with van der Waals surface area (Å²) < 4.78 is 21.7. The zero-order valence-electron chi connectivity index (χ0n) is 31.0. The maximum absolute atomic E-state index is 6.68. The molecular formula is C54H30O3S. The van der Waals surface area contributed by atoms with Gasteiger partial charge in [0.05, 0.1) is 4.70 Å². The lowest BCUT2D eigenvalue weighted by Gasteiger charge is -2.04. The first-order chi connectivity index (χ1) is 28.7. The van der Waals surface area contributed by atoms with Gasteiger partial charge in [0.1, 0.15) is 27.9 Å². The van der Waals surface area contributed by atoms with E-state index in [9.17, 15) is 0 Å². The fraction of sp³-hybridized carbons (Fsp3) is 0. The SMILES string of the molecule is c1ccc(-c2ccc3oc4ccc(-c5ccc6oc7c(ccc8c9cc(-c%10ccc%11oc%12ccc(-c%13ccccc%13)cc%12c%11c%10)ccc9sc87)c6c5)cc4c3c2)cc1. The smallest absolute Gasteiger partial charge is 0.153 e. The molecule has 0 spiro atoms. The standard InChI is InChI=1S/C54H30O3S/c1-3-7-31(8-4-1)33-11-19-47-42(25-33)44-28-36(13-21-49(44)55-47)35-15-23-51-41(27-35)39-17-18-40-46-30-38(16-24-52(46)58-54(40)53(39)57-51)37-14-22-50-45(29-37)43-26-34(12-20-48(43)56-50)32-9-5-2-6-10-32/h1-30H. The van der Waals surface area contributed by atoms with Crippen LogP contribution in [0.3, 0.4) is 0 Å². The lowest BCUT2D eigenvalue weighted by molar-refractivity contribution is 0.668. The summed E-state index contributed by atoms with van der Waals surface area (Å²) in [5, 5.41) is 9.18. The van der Waals surface area contributed by atoms with Crippen LogP contribution in [0.15, 0.2) is 195 Å². The van der Waals surface area contributed by atoms with Crippen LogP contribution < -0.4 is 0 Å². The molecule has 0 saturated carbocycles. The molecule has 0 atom stereocenters. The Labute approximate surface area is 335 Å². The lowest BCUT2D eigenvalue weighted by Crippen LogP contribution is -1.79. The van der Waals surface area contributed by atoms with Crippen molar-refractivity contribution >= 4 is 97.3 Å². The predicted octanol–water partition coefficient (Wildman–Crippen LogP) is 16.4. The van der Waals surface area contributed by atoms with Gasteiger partial charge in [-0.2, -0.15) is 0 Å². The van der Waals surface area contributed by atoms with Gasteiger partial charge in [-0.05, 0) is 123 Å². The van der Waals surface area contributed by atoms with E-state index in [1.165, 1.54) is 48.0 Å². The Bertz CT molecular complexity index is 3540. The van der Waals surface area contributed by atoms with E-state index in [1.54, 1.807) is 11.3 Å². The molecule has 58 heavy (non-hydrogen) atoms. The molecule has 0 saturated heterocycles. The maximum atomic E-state index is 6.68. The van der Waals surface area contributed by atoms with Gasteiger partial charge in [-0.1, -0.05) is 103 Å². The number of fused-ring (bicyclic) bond motifs is 13. The van der Waals surface area contributed by atoms with Gasteiger partial charge in [0.2, 0.25) is 0 Å². The van der Waals surface area contributed by atoms with E-state index >= 15 is 0 Å². The molecule has 13 rings (SSSR count). The molecule has 3 nitrogen and oxygen atoms in total. The van der Waals surface area contributed by atoms with E-state index in [1.807, 2.05) is 0 Å². The highest BCUT2D eigenvalue weighted by Crippen LogP contribution is 2.44. The Balaban J connectivity index is 0.892. The first-order valence-electron chi connectivity index (χ1n) is 19.5. The monoisotopic (exact) mass is 758 g/mol. The second-order valence-corrected chi connectivity index (χ2v) is 16.3. The molecule has 0 amide bonds. The van der Waals surface area contributed by atoms with E-state index in [2.05, 4.69) is 182 Å². The van der Waals surface area contributed by atoms with Gasteiger partial charge in [0, 0.05) is 47.8 Å². The molecule has 0 bridgehead atoms. The van der Waals surface area contributed by atoms with Crippen LogP contribution in [0, 0.1) is 0 Å². The zero-order chi connectivity index (χ0) is 37.9. The average molecular weight is 759 g/mol. The molecule has 4 aromatic heterocycles. The number of benzene rings is 9. The molecule has 0 unspecified atom stereocenters. The van der Waals surface area contributed by atoms with Crippen LogP contribution in [0.2, 0.25) is 0 Å². The molecular weight excluding hydrogens is 729 g/mol. The van der Waals surface area contributed by atoms with Gasteiger partial charge in [0.15, 0.2) is 5.58 Å². The highest BCUT2D eigenvalue weighted by atomic mass is 32.1. The minimum atomic E-state index is 0.891. The summed E-state index contributed by atoms with van der Waals surface area (Å²) in [6, 6.07) is 64.9. The second-order valence-electron chi connectivity index (χ2n) is 15.2. The maximum Gasteiger partial charge on any atom is 0.153 e. The van der Waals surface area contributed by atoms with Gasteiger partial charge < -0.3 is 13.3 Å². The summed E-state index contributed by atoms with van der Waals surface area (Å²) in [4.78, 5) is 0. The number of furan rings is 3. The van der Waals surface area contributed by atoms with Crippen LogP contribution in [0.5, 0.6) is 0 Å². The molecule has 13 aromatic rings. The highest BCUT2D eigenvalue weighted by Gasteiger charge is 2.18. The summed E-state index contributed by atoms with van der Waals surface area (Å²) in [7, 11) is 0. The fourth-order valence-corrected chi connectivity index (χ4v) is 10.1. The molecule has 0 aliphatic rings. The van der Waals surface area contributed by atoms with E-state index in [0.717, 1.165) is 82.5 Å². The van der Waals surface area contributed by atoms with Crippen molar-refractivity contribution in [3.8, 4) is 44.5 Å². The molecule has 0 N–H and O–H groups in total. The van der Waals surface area contributed by atoms with Crippen LogP contribution >= 0.6 is 11.3 Å². The van der Waals surface area contributed by atoms with Crippen molar-refractivity contribution in [2.24, 2.45) is 0 Å². The summed E-state index contributed by atoms with van der Waals surface area (Å²) in [5.41, 5.74) is 14.8. The minimum absolute atomic E-state index is 0.891. The Kier molecular flexibility index (Phi) is 6.60. The Hall–Kier alpha value is -7.40. The number of hydrogen-bond acceptors (Lipinski definition) is 4. The summed E-state index contributed by atoms with van der Waals surface area (Å²) in [6.45, 7) is 0. The Morgan fingerprint density at radius 3 is 1.09 bits per heavy atom.